The van der Waals surface area contributed by atoms with E-state index < -0.39 is 0 Å². The lowest BCUT2D eigenvalue weighted by atomic mass is 10.1. The Morgan fingerprint density at radius 2 is 2.35 bits per heavy atom. The van der Waals surface area contributed by atoms with Crippen LogP contribution in [0.25, 0.3) is 0 Å². The van der Waals surface area contributed by atoms with Gasteiger partial charge in [-0.25, -0.2) is 4.98 Å². The predicted octanol–water partition coefficient (Wildman–Crippen LogP) is 2.52. The van der Waals surface area contributed by atoms with E-state index in [0.29, 0.717) is 24.6 Å². The zero-order chi connectivity index (χ0) is 12.3. The first kappa shape index (κ1) is 12.3. The van der Waals surface area contributed by atoms with E-state index in [-0.39, 0.29) is 5.91 Å². The molecular formula is C12H13BrN2O2. The molecule has 0 spiro atoms. The van der Waals surface area contributed by atoms with Crippen LogP contribution in [0.5, 0.6) is 0 Å². The van der Waals surface area contributed by atoms with Crippen LogP contribution in [0.15, 0.2) is 33.9 Å². The second-order valence-electron chi connectivity index (χ2n) is 3.88. The number of nitrogens with zero attached hydrogens (tertiary/aromatic N) is 1. The van der Waals surface area contributed by atoms with E-state index in [0.717, 1.165) is 16.5 Å². The number of halogens is 1. The van der Waals surface area contributed by atoms with Crippen LogP contribution in [0, 0.1) is 0 Å². The minimum atomic E-state index is -0.128. The molecule has 5 heteroatoms. The summed E-state index contributed by atoms with van der Waals surface area (Å²) in [5, 5.41) is 2.76. The van der Waals surface area contributed by atoms with E-state index in [1.54, 1.807) is 12.3 Å². The van der Waals surface area contributed by atoms with Crippen molar-refractivity contribution in [3.63, 3.8) is 0 Å². The Balaban J connectivity index is 2.09. The van der Waals surface area contributed by atoms with Crippen molar-refractivity contribution in [2.45, 2.75) is 13.3 Å². The lowest BCUT2D eigenvalue weighted by Gasteiger charge is -2.17. The van der Waals surface area contributed by atoms with Gasteiger partial charge in [0.25, 0.3) is 5.91 Å². The topological polar surface area (TPSA) is 51.2 Å². The highest BCUT2D eigenvalue weighted by Gasteiger charge is 2.17. The van der Waals surface area contributed by atoms with Crippen molar-refractivity contribution in [3.8, 4) is 0 Å². The first-order chi connectivity index (χ1) is 8.16. The third-order valence-corrected chi connectivity index (χ3v) is 3.10. The largest absolute Gasteiger partial charge is 0.376 e. The molecule has 0 aliphatic carbocycles. The lowest BCUT2D eigenvalue weighted by Crippen LogP contribution is -2.23. The van der Waals surface area contributed by atoms with Crippen LogP contribution in [0.1, 0.15) is 13.3 Å². The Morgan fingerprint density at radius 3 is 3.00 bits per heavy atom. The fraction of sp³-hybridized carbons (Fsp3) is 0.333. The molecule has 1 amide bonds. The van der Waals surface area contributed by atoms with E-state index >= 15 is 0 Å². The van der Waals surface area contributed by atoms with Gasteiger partial charge in [0.15, 0.2) is 0 Å². The summed E-state index contributed by atoms with van der Waals surface area (Å²) in [6, 6.07) is 3.59. The molecule has 90 valence electrons. The molecule has 0 aromatic carbocycles. The summed E-state index contributed by atoms with van der Waals surface area (Å²) in [7, 11) is 0. The molecule has 4 nitrogen and oxygen atoms in total. The maximum absolute atomic E-state index is 12.0. The third-order valence-electron chi connectivity index (χ3n) is 2.63. The molecular weight excluding hydrogens is 284 g/mol. The highest BCUT2D eigenvalue weighted by atomic mass is 79.9. The molecule has 2 rings (SSSR count). The predicted molar refractivity (Wildman–Crippen MR) is 68.7 cm³/mol. The first-order valence-electron chi connectivity index (χ1n) is 5.36. The molecule has 0 radical (unpaired) electrons. The number of carbonyl (C=O) groups excluding carboxylic acids is 1. The molecule has 1 aromatic rings. The smallest absolute Gasteiger partial charge is 0.255 e. The molecule has 1 N–H and O–H groups in total. The van der Waals surface area contributed by atoms with Crippen LogP contribution < -0.4 is 5.32 Å². The van der Waals surface area contributed by atoms with Crippen LogP contribution >= 0.6 is 15.9 Å². The summed E-state index contributed by atoms with van der Waals surface area (Å²) in [5.41, 5.74) is 1.80. The maximum Gasteiger partial charge on any atom is 0.255 e. The standard InChI is InChI=1S/C12H13BrN2O2/c1-8-4-5-17-7-10(8)12(16)15-11-3-2-9(13)6-14-11/h2-3,6H,4-5,7H2,1H3,(H,14,15,16). The molecule has 0 bridgehead atoms. The SMILES string of the molecule is CC1=C(C(=O)Nc2ccc(Br)cn2)COCC1. The second-order valence-corrected chi connectivity index (χ2v) is 4.79. The van der Waals surface area contributed by atoms with Crippen molar-refractivity contribution in [1.82, 2.24) is 4.98 Å². The van der Waals surface area contributed by atoms with Gasteiger partial charge in [-0.2, -0.15) is 0 Å². The number of aromatic nitrogens is 1. The third kappa shape index (κ3) is 3.14. The highest BCUT2D eigenvalue weighted by molar-refractivity contribution is 9.10. The molecule has 2 heterocycles. The molecule has 1 aliphatic heterocycles. The molecule has 1 aromatic heterocycles. The zero-order valence-corrected chi connectivity index (χ0v) is 11.1. The summed E-state index contributed by atoms with van der Waals surface area (Å²) in [6.07, 6.45) is 2.46. The summed E-state index contributed by atoms with van der Waals surface area (Å²) < 4.78 is 6.17. The van der Waals surface area contributed by atoms with Gasteiger partial charge in [0.1, 0.15) is 5.82 Å². The summed E-state index contributed by atoms with van der Waals surface area (Å²) in [4.78, 5) is 16.1. The number of nitrogens with one attached hydrogen (secondary N) is 1. The van der Waals surface area contributed by atoms with E-state index in [9.17, 15) is 4.79 Å². The van der Waals surface area contributed by atoms with Gasteiger partial charge in [0.2, 0.25) is 0 Å². The van der Waals surface area contributed by atoms with Crippen LogP contribution in [0.3, 0.4) is 0 Å². The molecule has 17 heavy (non-hydrogen) atoms. The Kier molecular flexibility index (Phi) is 3.91. The Hall–Kier alpha value is -1.20. The fourth-order valence-electron chi connectivity index (χ4n) is 1.57. The molecule has 0 fully saturated rings. The summed E-state index contributed by atoms with van der Waals surface area (Å²) >= 11 is 3.29. The number of pyridine rings is 1. The number of rotatable bonds is 2. The molecule has 1 aliphatic rings. The fourth-order valence-corrected chi connectivity index (χ4v) is 1.81. The number of hydrogen-bond donors (Lipinski definition) is 1. The molecule has 0 unspecified atom stereocenters. The maximum atomic E-state index is 12.0. The Bertz CT molecular complexity index is 454. The van der Waals surface area contributed by atoms with E-state index in [1.165, 1.54) is 0 Å². The van der Waals surface area contributed by atoms with Crippen molar-refractivity contribution in [3.05, 3.63) is 33.9 Å². The Morgan fingerprint density at radius 1 is 1.53 bits per heavy atom. The number of amides is 1. The first-order valence-corrected chi connectivity index (χ1v) is 6.15. The Labute approximate surface area is 108 Å². The van der Waals surface area contributed by atoms with Gasteiger partial charge in [-0.15, -0.1) is 0 Å². The van der Waals surface area contributed by atoms with Gasteiger partial charge >= 0.3 is 0 Å². The van der Waals surface area contributed by atoms with Crippen LogP contribution in [-0.2, 0) is 9.53 Å². The number of ether oxygens (including phenoxy) is 1. The summed E-state index contributed by atoms with van der Waals surface area (Å²) in [5.74, 6) is 0.418. The van der Waals surface area contributed by atoms with Gasteiger partial charge in [-0.1, -0.05) is 5.57 Å². The van der Waals surface area contributed by atoms with Crippen LogP contribution in [0.2, 0.25) is 0 Å². The van der Waals surface area contributed by atoms with E-state index in [1.807, 2.05) is 13.0 Å². The normalized spacial score (nSPS) is 15.9. The van der Waals surface area contributed by atoms with E-state index in [2.05, 4.69) is 26.2 Å². The lowest BCUT2D eigenvalue weighted by molar-refractivity contribution is -0.113. The van der Waals surface area contributed by atoms with Gasteiger partial charge in [-0.05, 0) is 41.4 Å². The average molecular weight is 297 g/mol. The van der Waals surface area contributed by atoms with Crippen molar-refractivity contribution in [2.75, 3.05) is 18.5 Å². The minimum absolute atomic E-state index is 0.128. The summed E-state index contributed by atoms with van der Waals surface area (Å²) in [6.45, 7) is 3.04. The van der Waals surface area contributed by atoms with Crippen LogP contribution in [0.4, 0.5) is 5.82 Å². The van der Waals surface area contributed by atoms with Crippen molar-refractivity contribution >= 4 is 27.7 Å². The van der Waals surface area contributed by atoms with Gasteiger partial charge in [0, 0.05) is 16.2 Å². The minimum Gasteiger partial charge on any atom is -0.376 e. The highest BCUT2D eigenvalue weighted by Crippen LogP contribution is 2.17. The molecule has 0 atom stereocenters. The van der Waals surface area contributed by atoms with Gasteiger partial charge < -0.3 is 10.1 Å². The van der Waals surface area contributed by atoms with E-state index in [4.69, 9.17) is 4.74 Å². The van der Waals surface area contributed by atoms with Crippen molar-refractivity contribution in [1.29, 1.82) is 0 Å². The number of hydrogen-bond acceptors (Lipinski definition) is 3. The zero-order valence-electron chi connectivity index (χ0n) is 9.50. The average Bonchev–Trinajstić information content (AvgIpc) is 2.32. The monoisotopic (exact) mass is 296 g/mol. The quantitative estimate of drug-likeness (QED) is 0.912. The van der Waals surface area contributed by atoms with Crippen molar-refractivity contribution < 1.29 is 9.53 Å². The second kappa shape index (κ2) is 5.42. The van der Waals surface area contributed by atoms with Crippen molar-refractivity contribution in [2.24, 2.45) is 0 Å². The van der Waals surface area contributed by atoms with Gasteiger partial charge in [-0.3, -0.25) is 4.79 Å². The number of carbonyl (C=O) groups is 1. The number of anilines is 1. The molecule has 0 saturated heterocycles. The van der Waals surface area contributed by atoms with Gasteiger partial charge in [0.05, 0.1) is 13.2 Å². The van der Waals surface area contributed by atoms with Crippen LogP contribution in [-0.4, -0.2) is 24.1 Å². The molecule has 0 saturated carbocycles.